The molecule has 3 N–H and O–H groups in total. The molecule has 4 aliphatic heterocycles. The molecule has 15 nitrogen and oxygen atoms in total. The summed E-state index contributed by atoms with van der Waals surface area (Å²) in [5, 5.41) is 17.1. The summed E-state index contributed by atoms with van der Waals surface area (Å²) in [5.41, 5.74) is 15.4. The number of hydrazine groups is 1. The highest BCUT2D eigenvalue weighted by Gasteiger charge is 2.42. The molecule has 416 valence electrons. The van der Waals surface area contributed by atoms with Crippen molar-refractivity contribution in [1.82, 2.24) is 35.1 Å². The molecule has 3 amide bonds. The molecule has 15 heteroatoms. The normalized spacial score (nSPS) is 21.5. The van der Waals surface area contributed by atoms with Gasteiger partial charge in [-0.1, -0.05) is 88.4 Å². The Labute approximate surface area is 464 Å². The Hall–Kier alpha value is -6.91. The van der Waals surface area contributed by atoms with Crippen molar-refractivity contribution in [3.05, 3.63) is 131 Å². The first-order valence-electron chi connectivity index (χ1n) is 28.2. The third-order valence-electron chi connectivity index (χ3n) is 16.7. The summed E-state index contributed by atoms with van der Waals surface area (Å²) in [6.07, 6.45) is 3.95. The van der Waals surface area contributed by atoms with E-state index < -0.39 is 47.4 Å². The number of aromatic nitrogens is 2. The predicted molar refractivity (Wildman–Crippen MR) is 306 cm³/mol. The minimum atomic E-state index is -1.17. The topological polar surface area (TPSA) is 168 Å². The molecule has 2 aromatic heterocycles. The second-order valence-corrected chi connectivity index (χ2v) is 23.5. The van der Waals surface area contributed by atoms with Crippen molar-refractivity contribution in [2.45, 2.75) is 129 Å². The summed E-state index contributed by atoms with van der Waals surface area (Å²) in [5.74, 6) is -2.29. The fourth-order valence-electron chi connectivity index (χ4n) is 12.5. The molecule has 4 aliphatic rings. The van der Waals surface area contributed by atoms with Crippen molar-refractivity contribution < 1.29 is 38.5 Å². The van der Waals surface area contributed by atoms with Crippen LogP contribution >= 0.6 is 0 Å². The number of methoxy groups -OCH3 is 1. The lowest BCUT2D eigenvalue weighted by Gasteiger charge is -2.37. The molecule has 2 fully saturated rings. The van der Waals surface area contributed by atoms with Crippen LogP contribution in [0.15, 0.2) is 97.2 Å². The van der Waals surface area contributed by atoms with E-state index in [1.165, 1.54) is 21.0 Å². The van der Waals surface area contributed by atoms with Crippen LogP contribution in [-0.2, 0) is 65.7 Å². The zero-order valence-electron chi connectivity index (χ0n) is 47.3. The number of phenols is 1. The first-order chi connectivity index (χ1) is 37.9. The second-order valence-electron chi connectivity index (χ2n) is 23.5. The Morgan fingerprint density at radius 2 is 1.71 bits per heavy atom. The number of benzene rings is 4. The maximum atomic E-state index is 15.0. The van der Waals surface area contributed by atoms with E-state index in [2.05, 4.69) is 90.5 Å². The van der Waals surface area contributed by atoms with Crippen LogP contribution in [0.25, 0.3) is 44.4 Å². The van der Waals surface area contributed by atoms with Gasteiger partial charge in [0.1, 0.15) is 30.0 Å². The highest BCUT2D eigenvalue weighted by Crippen LogP contribution is 2.44. The van der Waals surface area contributed by atoms with Crippen molar-refractivity contribution in [2.75, 3.05) is 47.5 Å². The molecule has 10 rings (SSSR count). The van der Waals surface area contributed by atoms with Gasteiger partial charge >= 0.3 is 5.97 Å². The summed E-state index contributed by atoms with van der Waals surface area (Å²) < 4.78 is 20.7. The number of phenolic OH excluding ortho intramolecular Hbond substituents is 1. The number of amides is 3. The van der Waals surface area contributed by atoms with Crippen LogP contribution in [0.3, 0.4) is 0 Å². The van der Waals surface area contributed by atoms with Crippen LogP contribution in [0.1, 0.15) is 106 Å². The highest BCUT2D eigenvalue weighted by molar-refractivity contribution is 5.97. The number of hydrogen-bond donors (Lipinski definition) is 3. The van der Waals surface area contributed by atoms with Gasteiger partial charge in [0.25, 0.3) is 11.8 Å². The van der Waals surface area contributed by atoms with Gasteiger partial charge in [-0.2, -0.15) is 0 Å². The zero-order valence-corrected chi connectivity index (χ0v) is 47.3. The van der Waals surface area contributed by atoms with E-state index in [0.717, 1.165) is 80.7 Å². The number of nitrogens with zero attached hydrogens (tertiary/aromatic N) is 5. The minimum absolute atomic E-state index is 0.00295. The molecule has 4 aromatic carbocycles. The van der Waals surface area contributed by atoms with E-state index in [9.17, 15) is 24.3 Å². The number of cyclic esters (lactones) is 1. The number of fused-ring (bicyclic) bond motifs is 7. The van der Waals surface area contributed by atoms with Gasteiger partial charge in [0.15, 0.2) is 0 Å². The van der Waals surface area contributed by atoms with Gasteiger partial charge in [-0.15, -0.1) is 0 Å². The monoisotopic (exact) mass is 1070 g/mol. The van der Waals surface area contributed by atoms with Crippen molar-refractivity contribution >= 4 is 34.6 Å². The van der Waals surface area contributed by atoms with Gasteiger partial charge in [0.05, 0.1) is 24.1 Å². The summed E-state index contributed by atoms with van der Waals surface area (Å²) in [6, 6.07) is 27.5. The summed E-state index contributed by atoms with van der Waals surface area (Å²) >= 11 is 0. The van der Waals surface area contributed by atoms with Crippen LogP contribution in [0.5, 0.6) is 5.75 Å². The fourth-order valence-corrected chi connectivity index (χ4v) is 12.5. The zero-order chi connectivity index (χ0) is 55.9. The van der Waals surface area contributed by atoms with Gasteiger partial charge < -0.3 is 39.0 Å². The number of aryl methyl sites for hydroxylation is 1. The van der Waals surface area contributed by atoms with E-state index in [4.69, 9.17) is 19.2 Å². The number of esters is 1. The van der Waals surface area contributed by atoms with E-state index >= 15 is 0 Å². The lowest BCUT2D eigenvalue weighted by Crippen LogP contribution is -2.62. The predicted octanol–water partition coefficient (Wildman–Crippen LogP) is 9.16. The molecule has 0 spiro atoms. The van der Waals surface area contributed by atoms with Gasteiger partial charge in [0.2, 0.25) is 5.91 Å². The molecule has 0 radical (unpaired) electrons. The van der Waals surface area contributed by atoms with Crippen LogP contribution in [0, 0.1) is 11.3 Å². The number of ether oxygens (including phenoxy) is 3. The van der Waals surface area contributed by atoms with E-state index in [0.29, 0.717) is 44.4 Å². The number of pyridine rings is 1. The Balaban J connectivity index is 1.06. The van der Waals surface area contributed by atoms with Crippen molar-refractivity contribution in [2.24, 2.45) is 11.3 Å². The third kappa shape index (κ3) is 11.5. The molecule has 0 unspecified atom stereocenters. The van der Waals surface area contributed by atoms with E-state index in [-0.39, 0.29) is 49.2 Å². The summed E-state index contributed by atoms with van der Waals surface area (Å²) in [4.78, 5) is 67.4. The van der Waals surface area contributed by atoms with Crippen LogP contribution in [-0.4, -0.2) is 125 Å². The lowest BCUT2D eigenvalue weighted by molar-refractivity contribution is -0.155. The molecule has 0 aliphatic carbocycles. The summed E-state index contributed by atoms with van der Waals surface area (Å²) in [7, 11) is 5.49. The van der Waals surface area contributed by atoms with Crippen LogP contribution in [0.2, 0.25) is 0 Å². The van der Waals surface area contributed by atoms with Crippen LogP contribution in [0.4, 0.5) is 0 Å². The molecule has 6 atom stereocenters. The number of likely N-dealkylation sites (N-methyl/N-ethyl adjacent to an activating group) is 2. The largest absolute Gasteiger partial charge is 0.508 e. The number of carbonyl (C=O) groups is 4. The molecule has 6 heterocycles. The standard InChI is InChI=1S/C64H77N7O8/c1-10-70-55-21-20-43-32-50(55)52(58(70)51-33-47(35-65-56(51)39(4)77-9)42-18-19-45-36-68(7)25-22-44(45)30-42)34-64(5,6)37-79-63(76)53-17-14-24-71(67-53)61(74)54(29-40-27-46(43)31-48(72)28-40)66-60(73)57(38(2)3)69(8)62(75)59-49(23-26-78-59)41-15-12-11-13-16-41/h11-13,15-16,18-21,27-28,30-33,35,38-39,49,53-54,57,59,67,72H,10,14,17,22-26,29,34,36-37H2,1-9H3,(H,66,73)/t39-,49+,53-,54-,57-,59+/m0/s1. The first-order valence-corrected chi connectivity index (χ1v) is 28.2. The SMILES string of the molecule is CCn1c(-c2cc(-c3ccc4c(c3)CCN(C)C4)cnc2[C@H](C)OC)c2c3cc(ccc31)-c1cc(O)cc(c1)C[C@H](NC(=O)[C@H](C(C)C)N(C)C(=O)[C@@H]1OCC[C@@H]1c1ccccc1)C(=O)N1CCC[C@H](N1)C(=O)OCC(C)(C)C2. The number of hydrogen-bond acceptors (Lipinski definition) is 11. The van der Waals surface area contributed by atoms with Crippen molar-refractivity contribution in [3.8, 4) is 39.3 Å². The maximum absolute atomic E-state index is 15.0. The fraction of sp³-hybridized carbons (Fsp3) is 0.453. The van der Waals surface area contributed by atoms with Gasteiger partial charge in [0, 0.05) is 92.9 Å². The Bertz CT molecular complexity index is 3260. The Kier molecular flexibility index (Phi) is 16.2. The second kappa shape index (κ2) is 23.1. The smallest absolute Gasteiger partial charge is 0.324 e. The quantitative estimate of drug-likeness (QED) is 0.106. The van der Waals surface area contributed by atoms with Crippen molar-refractivity contribution in [1.29, 1.82) is 0 Å². The highest BCUT2D eigenvalue weighted by atomic mass is 16.5. The average molecular weight is 1070 g/mol. The molecular weight excluding hydrogens is 995 g/mol. The van der Waals surface area contributed by atoms with Crippen molar-refractivity contribution in [3.63, 3.8) is 0 Å². The van der Waals surface area contributed by atoms with Crippen LogP contribution < -0.4 is 10.7 Å². The maximum Gasteiger partial charge on any atom is 0.324 e. The van der Waals surface area contributed by atoms with Gasteiger partial charge in [-0.25, -0.2) is 5.43 Å². The van der Waals surface area contributed by atoms with E-state index in [1.54, 1.807) is 26.3 Å². The molecular formula is C64H77N7O8. The molecule has 6 aromatic rings. The Morgan fingerprint density at radius 3 is 2.47 bits per heavy atom. The number of carbonyl (C=O) groups excluding carboxylic acids is 4. The third-order valence-corrected chi connectivity index (χ3v) is 16.7. The number of rotatable bonds is 11. The molecule has 79 heavy (non-hydrogen) atoms. The first kappa shape index (κ1) is 55.4. The van der Waals surface area contributed by atoms with Gasteiger partial charge in [-0.3, -0.25) is 29.2 Å². The Morgan fingerprint density at radius 1 is 0.937 bits per heavy atom. The summed E-state index contributed by atoms with van der Waals surface area (Å²) in [6.45, 7) is 15.5. The lowest BCUT2D eigenvalue weighted by atomic mass is 9.83. The number of aromatic hydroxyl groups is 1. The molecule has 2 saturated heterocycles. The van der Waals surface area contributed by atoms with Gasteiger partial charge in [-0.05, 0) is 134 Å². The van der Waals surface area contributed by atoms with E-state index in [1.807, 2.05) is 63.4 Å². The minimum Gasteiger partial charge on any atom is -0.508 e. The average Bonchev–Trinajstić information content (AvgIpc) is 4.26. The molecule has 6 bridgehead atoms. The molecule has 0 saturated carbocycles. The number of nitrogens with one attached hydrogen (secondary N) is 2.